The molecule has 156 valence electrons. The van der Waals surface area contributed by atoms with Crippen molar-refractivity contribution in [2.45, 2.75) is 45.7 Å². The second-order valence-corrected chi connectivity index (χ2v) is 7.94. The summed E-state index contributed by atoms with van der Waals surface area (Å²) in [6, 6.07) is 14.4. The lowest BCUT2D eigenvalue weighted by Crippen LogP contribution is -2.36. The second-order valence-electron chi connectivity index (χ2n) is 7.94. The number of carbonyl (C=O) groups is 1. The molecule has 1 fully saturated rings. The minimum absolute atomic E-state index is 0.300. The molecule has 2 aromatic carbocycles. The molecule has 0 radical (unpaired) electrons. The van der Waals surface area contributed by atoms with E-state index in [-0.39, 0.29) is 11.7 Å². The number of aryl methyl sites for hydroxylation is 1. The molecule has 0 saturated carbocycles. The van der Waals surface area contributed by atoms with Gasteiger partial charge in [-0.15, -0.1) is 0 Å². The summed E-state index contributed by atoms with van der Waals surface area (Å²) in [7, 11) is 0. The minimum atomic E-state index is -0.344. The highest BCUT2D eigenvalue weighted by molar-refractivity contribution is 6.08. The lowest BCUT2D eigenvalue weighted by molar-refractivity contribution is 0.102. The molecule has 1 aromatic heterocycles. The van der Waals surface area contributed by atoms with Gasteiger partial charge < -0.3 is 9.84 Å². The quantitative estimate of drug-likeness (QED) is 0.614. The van der Waals surface area contributed by atoms with Crippen molar-refractivity contribution in [1.82, 2.24) is 10.1 Å². The number of likely N-dealkylation sites (tertiary alicyclic amines) is 1. The van der Waals surface area contributed by atoms with Crippen LogP contribution >= 0.6 is 0 Å². The predicted molar refractivity (Wildman–Crippen MR) is 115 cm³/mol. The zero-order valence-corrected chi connectivity index (χ0v) is 17.3. The van der Waals surface area contributed by atoms with Gasteiger partial charge in [0.05, 0.1) is 0 Å². The highest BCUT2D eigenvalue weighted by atomic mass is 19.1. The zero-order chi connectivity index (χ0) is 21.1. The molecule has 1 aliphatic heterocycles. The first-order valence-electron chi connectivity index (χ1n) is 10.4. The topological polar surface area (TPSA) is 58.4 Å². The van der Waals surface area contributed by atoms with Gasteiger partial charge in [0.25, 0.3) is 5.91 Å². The smallest absolute Gasteiger partial charge is 0.261 e. The summed E-state index contributed by atoms with van der Waals surface area (Å²) in [6.07, 6.45) is 3.82. The van der Waals surface area contributed by atoms with Crippen LogP contribution in [0.5, 0.6) is 0 Å². The molecule has 3 aromatic rings. The number of hydrogen-bond donors (Lipinski definition) is 1. The number of halogens is 1. The van der Waals surface area contributed by atoms with Gasteiger partial charge in [0.1, 0.15) is 22.8 Å². The first-order valence-corrected chi connectivity index (χ1v) is 10.4. The minimum Gasteiger partial charge on any atom is -0.360 e. The van der Waals surface area contributed by atoms with Crippen molar-refractivity contribution in [3.05, 3.63) is 71.2 Å². The van der Waals surface area contributed by atoms with Crippen LogP contribution in [0.25, 0.3) is 11.3 Å². The van der Waals surface area contributed by atoms with Gasteiger partial charge in [-0.25, -0.2) is 4.39 Å². The molecule has 2 heterocycles. The number of benzene rings is 2. The van der Waals surface area contributed by atoms with Crippen molar-refractivity contribution in [2.75, 3.05) is 11.9 Å². The summed E-state index contributed by atoms with van der Waals surface area (Å²) in [5.74, 6) is -0.225. The van der Waals surface area contributed by atoms with Crippen LogP contribution in [0.15, 0.2) is 53.1 Å². The van der Waals surface area contributed by atoms with Crippen LogP contribution in [0.2, 0.25) is 0 Å². The molecule has 1 N–H and O–H groups in total. The largest absolute Gasteiger partial charge is 0.360 e. The average Bonchev–Trinajstić information content (AvgIpc) is 3.13. The lowest BCUT2D eigenvalue weighted by Gasteiger charge is -2.33. The van der Waals surface area contributed by atoms with E-state index >= 15 is 0 Å². The van der Waals surface area contributed by atoms with Gasteiger partial charge in [-0.2, -0.15) is 0 Å². The summed E-state index contributed by atoms with van der Waals surface area (Å²) in [6.45, 7) is 6.04. The molecule has 0 spiro atoms. The number of aromatic nitrogens is 1. The first kappa shape index (κ1) is 20.3. The number of nitrogens with one attached hydrogen (secondary N) is 1. The summed E-state index contributed by atoms with van der Waals surface area (Å²) in [5, 5.41) is 6.92. The standard InChI is InChI=1S/C24H26FN3O2/c1-16-5-3-4-14-28(16)15-18-6-12-21(13-7-18)26-24(29)22-17(2)30-27-23(22)19-8-10-20(25)11-9-19/h6-13,16H,3-5,14-15H2,1-2H3,(H,26,29). The van der Waals surface area contributed by atoms with Crippen LogP contribution in [0.4, 0.5) is 10.1 Å². The number of amides is 1. The number of carbonyl (C=O) groups excluding carboxylic acids is 1. The first-order chi connectivity index (χ1) is 14.5. The molecular weight excluding hydrogens is 381 g/mol. The third kappa shape index (κ3) is 4.44. The SMILES string of the molecule is Cc1onc(-c2ccc(F)cc2)c1C(=O)Nc1ccc(CN2CCCCC2C)cc1. The van der Waals surface area contributed by atoms with E-state index < -0.39 is 0 Å². The number of rotatable bonds is 5. The molecular formula is C24H26FN3O2. The van der Waals surface area contributed by atoms with Gasteiger partial charge >= 0.3 is 0 Å². The highest BCUT2D eigenvalue weighted by Crippen LogP contribution is 2.27. The van der Waals surface area contributed by atoms with Crippen LogP contribution in [0.3, 0.4) is 0 Å². The fraction of sp³-hybridized carbons (Fsp3) is 0.333. The Morgan fingerprint density at radius 2 is 1.90 bits per heavy atom. The number of nitrogens with zero attached hydrogens (tertiary/aromatic N) is 2. The van der Waals surface area contributed by atoms with Gasteiger partial charge in [0.15, 0.2) is 0 Å². The Balaban J connectivity index is 1.47. The van der Waals surface area contributed by atoms with E-state index in [0.717, 1.165) is 13.1 Å². The average molecular weight is 407 g/mol. The number of hydrogen-bond acceptors (Lipinski definition) is 4. The Labute approximate surface area is 175 Å². The Kier molecular flexibility index (Phi) is 5.95. The van der Waals surface area contributed by atoms with E-state index in [1.54, 1.807) is 19.1 Å². The number of anilines is 1. The van der Waals surface area contributed by atoms with Gasteiger partial charge in [-0.1, -0.05) is 23.7 Å². The highest BCUT2D eigenvalue weighted by Gasteiger charge is 2.22. The summed E-state index contributed by atoms with van der Waals surface area (Å²) >= 11 is 0. The molecule has 1 saturated heterocycles. The molecule has 0 aliphatic carbocycles. The van der Waals surface area contributed by atoms with E-state index in [1.165, 1.54) is 37.0 Å². The number of piperidine rings is 1. The van der Waals surface area contributed by atoms with Crippen molar-refractivity contribution < 1.29 is 13.7 Å². The molecule has 6 heteroatoms. The van der Waals surface area contributed by atoms with Gasteiger partial charge in [0, 0.05) is 23.8 Å². The van der Waals surface area contributed by atoms with Crippen molar-refractivity contribution in [2.24, 2.45) is 0 Å². The van der Waals surface area contributed by atoms with Crippen LogP contribution in [-0.2, 0) is 6.54 Å². The van der Waals surface area contributed by atoms with E-state index in [9.17, 15) is 9.18 Å². The van der Waals surface area contributed by atoms with Crippen LogP contribution in [0.1, 0.15) is 47.9 Å². The fourth-order valence-electron chi connectivity index (χ4n) is 3.96. The maximum Gasteiger partial charge on any atom is 0.261 e. The van der Waals surface area contributed by atoms with Gasteiger partial charge in [0.2, 0.25) is 0 Å². The predicted octanol–water partition coefficient (Wildman–Crippen LogP) is 5.42. The van der Waals surface area contributed by atoms with E-state index in [4.69, 9.17) is 4.52 Å². The van der Waals surface area contributed by atoms with Crippen LogP contribution in [-0.4, -0.2) is 28.6 Å². The fourth-order valence-corrected chi connectivity index (χ4v) is 3.96. The zero-order valence-electron chi connectivity index (χ0n) is 17.3. The second kappa shape index (κ2) is 8.79. The molecule has 0 bridgehead atoms. The van der Waals surface area contributed by atoms with E-state index in [0.29, 0.717) is 34.3 Å². The van der Waals surface area contributed by atoms with E-state index in [2.05, 4.69) is 34.4 Å². The van der Waals surface area contributed by atoms with Gasteiger partial charge in [-0.05, 0) is 75.2 Å². The van der Waals surface area contributed by atoms with Crippen LogP contribution < -0.4 is 5.32 Å². The Hall–Kier alpha value is -2.99. The molecule has 1 aliphatic rings. The van der Waals surface area contributed by atoms with Gasteiger partial charge in [-0.3, -0.25) is 9.69 Å². The van der Waals surface area contributed by atoms with Crippen LogP contribution in [0, 0.1) is 12.7 Å². The summed E-state index contributed by atoms with van der Waals surface area (Å²) < 4.78 is 18.5. The molecule has 1 amide bonds. The molecule has 4 rings (SSSR count). The monoisotopic (exact) mass is 407 g/mol. The third-order valence-electron chi connectivity index (χ3n) is 5.75. The molecule has 1 unspecified atom stereocenters. The Bertz CT molecular complexity index is 1010. The normalized spacial score (nSPS) is 17.1. The molecule has 30 heavy (non-hydrogen) atoms. The molecule has 1 atom stereocenters. The third-order valence-corrected chi connectivity index (χ3v) is 5.75. The molecule has 5 nitrogen and oxygen atoms in total. The summed E-state index contributed by atoms with van der Waals surface area (Å²) in [4.78, 5) is 15.4. The van der Waals surface area contributed by atoms with Crippen molar-refractivity contribution >= 4 is 11.6 Å². The van der Waals surface area contributed by atoms with Crippen molar-refractivity contribution in [3.63, 3.8) is 0 Å². The lowest BCUT2D eigenvalue weighted by atomic mass is 10.0. The van der Waals surface area contributed by atoms with E-state index in [1.807, 2.05) is 12.1 Å². The Morgan fingerprint density at radius 1 is 1.17 bits per heavy atom. The van der Waals surface area contributed by atoms with Crippen molar-refractivity contribution in [1.29, 1.82) is 0 Å². The summed E-state index contributed by atoms with van der Waals surface area (Å²) in [5.41, 5.74) is 3.33. The van der Waals surface area contributed by atoms with Crippen molar-refractivity contribution in [3.8, 4) is 11.3 Å². The maximum absolute atomic E-state index is 13.2. The Morgan fingerprint density at radius 3 is 2.60 bits per heavy atom. The maximum atomic E-state index is 13.2.